The molecule has 0 spiro atoms. The second-order valence-electron chi connectivity index (χ2n) is 1.83. The summed E-state index contributed by atoms with van der Waals surface area (Å²) in [4.78, 5) is 9.97. The van der Waals surface area contributed by atoms with E-state index in [2.05, 4.69) is 0 Å². The number of ether oxygens (including phenoxy) is 1. The van der Waals surface area contributed by atoms with Crippen molar-refractivity contribution in [2.75, 3.05) is 6.61 Å². The second kappa shape index (κ2) is 7.54. The number of hydrogen-bond acceptors (Lipinski definition) is 3. The summed E-state index contributed by atoms with van der Waals surface area (Å²) in [5.41, 5.74) is 0. The zero-order valence-corrected chi connectivity index (χ0v) is 8.72. The maximum Gasteiger partial charge on any atom is 1.00 e. The van der Waals surface area contributed by atoms with Crippen molar-refractivity contribution >= 4 is 5.97 Å². The van der Waals surface area contributed by atoms with Gasteiger partial charge in [-0.3, -0.25) is 0 Å². The van der Waals surface area contributed by atoms with Crippen molar-refractivity contribution in [1.29, 1.82) is 0 Å². The second-order valence-corrected chi connectivity index (χ2v) is 1.83. The van der Waals surface area contributed by atoms with Crippen molar-refractivity contribution in [2.45, 2.75) is 26.4 Å². The first-order chi connectivity index (χ1) is 4.18. The molecule has 4 heteroatoms. The molecule has 0 rings (SSSR count). The topological polar surface area (TPSA) is 49.4 Å². The van der Waals surface area contributed by atoms with Gasteiger partial charge < -0.3 is 14.6 Å². The average molecular weight is 154 g/mol. The van der Waals surface area contributed by atoms with Crippen molar-refractivity contribution < 1.29 is 44.2 Å². The molecule has 0 radical (unpaired) electrons. The molecule has 0 N–H and O–H groups in total. The van der Waals surface area contributed by atoms with E-state index in [9.17, 15) is 9.90 Å². The molecule has 0 saturated carbocycles. The van der Waals surface area contributed by atoms with Gasteiger partial charge in [-0.15, -0.1) is 0 Å². The Morgan fingerprint density at radius 1 is 1.70 bits per heavy atom. The third-order valence-corrected chi connectivity index (χ3v) is 0.904. The minimum absolute atomic E-state index is 0. The zero-order valence-electron chi connectivity index (χ0n) is 6.72. The van der Waals surface area contributed by atoms with Crippen LogP contribution in [0.4, 0.5) is 0 Å². The maximum atomic E-state index is 9.97. The van der Waals surface area contributed by atoms with E-state index in [0.29, 0.717) is 6.61 Å². The van der Waals surface area contributed by atoms with Crippen molar-refractivity contribution in [3.63, 3.8) is 0 Å². The molecule has 3 nitrogen and oxygen atoms in total. The Bertz CT molecular complexity index is 95.0. The predicted molar refractivity (Wildman–Crippen MR) is 30.7 cm³/mol. The molecule has 0 fully saturated rings. The van der Waals surface area contributed by atoms with E-state index in [1.807, 2.05) is 6.92 Å². The summed E-state index contributed by atoms with van der Waals surface area (Å²) in [5, 5.41) is 9.97. The van der Waals surface area contributed by atoms with E-state index in [-0.39, 0.29) is 29.6 Å². The van der Waals surface area contributed by atoms with Crippen molar-refractivity contribution in [3.05, 3.63) is 0 Å². The fourth-order valence-corrected chi connectivity index (χ4v) is 0.363. The van der Waals surface area contributed by atoms with E-state index >= 15 is 0 Å². The summed E-state index contributed by atoms with van der Waals surface area (Å²) in [7, 11) is 0. The largest absolute Gasteiger partial charge is 1.00 e. The van der Waals surface area contributed by atoms with Crippen molar-refractivity contribution in [1.82, 2.24) is 0 Å². The van der Waals surface area contributed by atoms with Gasteiger partial charge in [0.05, 0.1) is 12.1 Å². The molecule has 1 atom stereocenters. The van der Waals surface area contributed by atoms with E-state index in [1.54, 1.807) is 0 Å². The number of rotatable bonds is 4. The van der Waals surface area contributed by atoms with Gasteiger partial charge in [-0.1, -0.05) is 6.92 Å². The van der Waals surface area contributed by atoms with Crippen molar-refractivity contribution in [3.8, 4) is 0 Å². The first-order valence-corrected chi connectivity index (χ1v) is 3.01. The molecular weight excluding hydrogens is 143 g/mol. The fourth-order valence-electron chi connectivity index (χ4n) is 0.363. The standard InChI is InChI=1S/C6H12O3.Na/c1-3-4-9-5(2)6(7)8;/h5H,3-4H2,1-2H3,(H,7,8);/q;+1/p-1. The molecular formula is C6H11NaO3. The Morgan fingerprint density at radius 2 is 2.20 bits per heavy atom. The van der Waals surface area contributed by atoms with Gasteiger partial charge in [0.1, 0.15) is 0 Å². The van der Waals surface area contributed by atoms with Crippen LogP contribution in [0.25, 0.3) is 0 Å². The van der Waals surface area contributed by atoms with Crippen LogP contribution in [0.2, 0.25) is 0 Å². The van der Waals surface area contributed by atoms with Crippen LogP contribution in [0.3, 0.4) is 0 Å². The SMILES string of the molecule is CCCOC(C)C(=O)[O-].[Na+]. The minimum Gasteiger partial charge on any atom is -0.547 e. The van der Waals surface area contributed by atoms with Crippen LogP contribution in [0, 0.1) is 0 Å². The fraction of sp³-hybridized carbons (Fsp3) is 0.833. The first kappa shape index (κ1) is 13.1. The Hall–Kier alpha value is 0.430. The molecule has 0 aromatic heterocycles. The number of aliphatic carboxylic acids is 1. The van der Waals surface area contributed by atoms with Crippen molar-refractivity contribution in [2.24, 2.45) is 0 Å². The van der Waals surface area contributed by atoms with E-state index in [4.69, 9.17) is 4.74 Å². The van der Waals surface area contributed by atoms with Crippen LogP contribution in [-0.4, -0.2) is 18.7 Å². The molecule has 0 aliphatic rings. The van der Waals surface area contributed by atoms with Crippen LogP contribution < -0.4 is 34.7 Å². The molecule has 0 saturated heterocycles. The monoisotopic (exact) mass is 154 g/mol. The molecule has 0 aromatic carbocycles. The third kappa shape index (κ3) is 6.55. The molecule has 0 aliphatic carbocycles. The Morgan fingerprint density at radius 3 is 2.50 bits per heavy atom. The molecule has 54 valence electrons. The van der Waals surface area contributed by atoms with Gasteiger partial charge in [-0.2, -0.15) is 0 Å². The van der Waals surface area contributed by atoms with Gasteiger partial charge in [-0.25, -0.2) is 0 Å². The number of carbonyl (C=O) groups is 1. The smallest absolute Gasteiger partial charge is 0.547 e. The molecule has 0 amide bonds. The Kier molecular flexibility index (Phi) is 9.84. The molecule has 0 heterocycles. The number of carboxylic acid groups (broad SMARTS) is 1. The average Bonchev–Trinajstić information content (AvgIpc) is 1.82. The van der Waals surface area contributed by atoms with Gasteiger partial charge in [-0.05, 0) is 13.3 Å². The number of carboxylic acids is 1. The molecule has 0 bridgehead atoms. The minimum atomic E-state index is -1.15. The normalized spacial score (nSPS) is 11.8. The summed E-state index contributed by atoms with van der Waals surface area (Å²) in [6.07, 6.45) is 0.0578. The summed E-state index contributed by atoms with van der Waals surface area (Å²) >= 11 is 0. The zero-order chi connectivity index (χ0) is 7.28. The molecule has 10 heavy (non-hydrogen) atoms. The summed E-state index contributed by atoms with van der Waals surface area (Å²) in [6, 6.07) is 0. The first-order valence-electron chi connectivity index (χ1n) is 3.01. The van der Waals surface area contributed by atoms with Crippen LogP contribution >= 0.6 is 0 Å². The van der Waals surface area contributed by atoms with E-state index < -0.39 is 12.1 Å². The summed E-state index contributed by atoms with van der Waals surface area (Å²) in [5.74, 6) is -1.15. The predicted octanol–water partition coefficient (Wildman–Crippen LogP) is -3.44. The van der Waals surface area contributed by atoms with Crippen LogP contribution in [0.5, 0.6) is 0 Å². The Balaban J connectivity index is 0. The van der Waals surface area contributed by atoms with Gasteiger partial charge in [0.15, 0.2) is 0 Å². The van der Waals surface area contributed by atoms with Gasteiger partial charge in [0.2, 0.25) is 0 Å². The van der Waals surface area contributed by atoms with Crippen LogP contribution in [0.15, 0.2) is 0 Å². The quantitative estimate of drug-likeness (QED) is 0.396. The maximum absolute atomic E-state index is 9.97. The van der Waals surface area contributed by atoms with Gasteiger partial charge >= 0.3 is 29.6 Å². The van der Waals surface area contributed by atoms with Crippen LogP contribution in [0.1, 0.15) is 20.3 Å². The third-order valence-electron chi connectivity index (χ3n) is 0.904. The van der Waals surface area contributed by atoms with E-state index in [0.717, 1.165) is 6.42 Å². The molecule has 0 aromatic rings. The molecule has 0 aliphatic heterocycles. The number of carbonyl (C=O) groups excluding carboxylic acids is 1. The summed E-state index contributed by atoms with van der Waals surface area (Å²) in [6.45, 7) is 3.86. The van der Waals surface area contributed by atoms with Gasteiger partial charge in [0.25, 0.3) is 0 Å². The van der Waals surface area contributed by atoms with Crippen LogP contribution in [-0.2, 0) is 9.53 Å². The van der Waals surface area contributed by atoms with E-state index in [1.165, 1.54) is 6.92 Å². The van der Waals surface area contributed by atoms with Gasteiger partial charge in [0, 0.05) is 6.61 Å². The molecule has 1 unspecified atom stereocenters. The summed E-state index contributed by atoms with van der Waals surface area (Å²) < 4.78 is 4.79. The number of hydrogen-bond donors (Lipinski definition) is 0. The Labute approximate surface area is 83.0 Å².